The average molecular weight is 257 g/mol. The molecule has 0 bridgehead atoms. The topological polar surface area (TPSA) is 83.5 Å². The monoisotopic (exact) mass is 257 g/mol. The zero-order valence-electron chi connectivity index (χ0n) is 9.67. The van der Waals surface area contributed by atoms with Gasteiger partial charge in [-0.25, -0.2) is 8.42 Å². The second-order valence-electron chi connectivity index (χ2n) is 3.82. The Morgan fingerprint density at radius 3 is 2.65 bits per heavy atom. The van der Waals surface area contributed by atoms with E-state index < -0.39 is 21.0 Å². The lowest BCUT2D eigenvalue weighted by molar-refractivity contribution is -0.115. The molecule has 0 aliphatic carbocycles. The molecule has 6 heteroatoms. The van der Waals surface area contributed by atoms with Gasteiger partial charge >= 0.3 is 0 Å². The fourth-order valence-electron chi connectivity index (χ4n) is 1.19. The third-order valence-electron chi connectivity index (χ3n) is 2.39. The van der Waals surface area contributed by atoms with Crippen LogP contribution in [0.3, 0.4) is 0 Å². The number of aliphatic hydroxyl groups is 1. The average Bonchev–Trinajstić information content (AvgIpc) is 2.27. The molecular weight excluding hydrogens is 242 g/mol. The van der Waals surface area contributed by atoms with E-state index in [0.717, 1.165) is 6.26 Å². The Balaban J connectivity index is 2.81. The summed E-state index contributed by atoms with van der Waals surface area (Å²) in [4.78, 5) is 11.6. The molecule has 17 heavy (non-hydrogen) atoms. The van der Waals surface area contributed by atoms with E-state index in [-0.39, 0.29) is 6.61 Å². The van der Waals surface area contributed by atoms with Gasteiger partial charge in [0.25, 0.3) is 0 Å². The number of benzene rings is 1. The van der Waals surface area contributed by atoms with Gasteiger partial charge in [-0.1, -0.05) is 12.1 Å². The Morgan fingerprint density at radius 1 is 1.47 bits per heavy atom. The second-order valence-corrected chi connectivity index (χ2v) is 6.19. The number of hydrogen-bond acceptors (Lipinski definition) is 4. The highest BCUT2D eigenvalue weighted by atomic mass is 32.2. The first-order valence-electron chi connectivity index (χ1n) is 5.04. The standard InChI is InChI=1S/C11H15NO4S/c1-8(17(2,15)16)11(14)12-10-5-3-4-9(6-10)7-13/h3-6,8,13H,7H2,1-2H3,(H,12,14). The lowest BCUT2D eigenvalue weighted by atomic mass is 10.2. The van der Waals surface area contributed by atoms with Gasteiger partial charge in [-0.3, -0.25) is 4.79 Å². The van der Waals surface area contributed by atoms with Crippen molar-refractivity contribution in [1.82, 2.24) is 0 Å². The molecule has 0 heterocycles. The maximum absolute atomic E-state index is 11.6. The molecule has 1 amide bonds. The normalized spacial score (nSPS) is 13.1. The highest BCUT2D eigenvalue weighted by Gasteiger charge is 2.23. The van der Waals surface area contributed by atoms with E-state index in [1.165, 1.54) is 6.92 Å². The van der Waals surface area contributed by atoms with Gasteiger partial charge in [-0.2, -0.15) is 0 Å². The van der Waals surface area contributed by atoms with Crippen molar-refractivity contribution in [3.05, 3.63) is 29.8 Å². The van der Waals surface area contributed by atoms with E-state index >= 15 is 0 Å². The summed E-state index contributed by atoms with van der Waals surface area (Å²) in [7, 11) is -3.40. The highest BCUT2D eigenvalue weighted by Crippen LogP contribution is 2.12. The summed E-state index contributed by atoms with van der Waals surface area (Å²) in [5.74, 6) is -0.581. The summed E-state index contributed by atoms with van der Waals surface area (Å²) in [6, 6.07) is 6.60. The van der Waals surface area contributed by atoms with E-state index in [9.17, 15) is 13.2 Å². The number of rotatable bonds is 4. The van der Waals surface area contributed by atoms with E-state index in [1.807, 2.05) is 0 Å². The second kappa shape index (κ2) is 5.29. The molecule has 1 unspecified atom stereocenters. The van der Waals surface area contributed by atoms with Crippen molar-refractivity contribution in [1.29, 1.82) is 0 Å². The van der Waals surface area contributed by atoms with Crippen LogP contribution in [0.1, 0.15) is 12.5 Å². The highest BCUT2D eigenvalue weighted by molar-refractivity contribution is 7.92. The van der Waals surface area contributed by atoms with Crippen LogP contribution in [-0.2, 0) is 21.2 Å². The maximum Gasteiger partial charge on any atom is 0.242 e. The van der Waals surface area contributed by atoms with Gasteiger partial charge in [0.1, 0.15) is 5.25 Å². The van der Waals surface area contributed by atoms with Crippen molar-refractivity contribution in [2.75, 3.05) is 11.6 Å². The summed E-state index contributed by atoms with van der Waals surface area (Å²) in [5.41, 5.74) is 1.12. The SMILES string of the molecule is CC(C(=O)Nc1cccc(CO)c1)S(C)(=O)=O. The first-order chi connectivity index (χ1) is 7.84. The van der Waals surface area contributed by atoms with E-state index in [2.05, 4.69) is 5.32 Å². The van der Waals surface area contributed by atoms with Crippen molar-refractivity contribution >= 4 is 21.4 Å². The van der Waals surface area contributed by atoms with E-state index in [4.69, 9.17) is 5.11 Å². The fraction of sp³-hybridized carbons (Fsp3) is 0.364. The van der Waals surface area contributed by atoms with Gasteiger partial charge in [0.2, 0.25) is 5.91 Å². The Hall–Kier alpha value is -1.40. The minimum Gasteiger partial charge on any atom is -0.392 e. The van der Waals surface area contributed by atoms with Crippen molar-refractivity contribution in [3.8, 4) is 0 Å². The molecule has 0 radical (unpaired) electrons. The van der Waals surface area contributed by atoms with Gasteiger partial charge < -0.3 is 10.4 Å². The largest absolute Gasteiger partial charge is 0.392 e. The fourth-order valence-corrected chi connectivity index (χ4v) is 1.63. The van der Waals surface area contributed by atoms with Crippen molar-refractivity contribution in [2.24, 2.45) is 0 Å². The van der Waals surface area contributed by atoms with Crippen molar-refractivity contribution in [2.45, 2.75) is 18.8 Å². The van der Waals surface area contributed by atoms with Crippen LogP contribution in [0.4, 0.5) is 5.69 Å². The zero-order chi connectivity index (χ0) is 13.1. The van der Waals surface area contributed by atoms with Crippen LogP contribution in [0.25, 0.3) is 0 Å². The predicted molar refractivity (Wildman–Crippen MR) is 65.3 cm³/mol. The molecule has 1 aromatic carbocycles. The Bertz CT molecular complexity index is 510. The molecule has 0 aliphatic rings. The lowest BCUT2D eigenvalue weighted by Crippen LogP contribution is -2.31. The molecule has 1 rings (SSSR count). The van der Waals surface area contributed by atoms with Crippen LogP contribution in [0.15, 0.2) is 24.3 Å². The summed E-state index contributed by atoms with van der Waals surface area (Å²) in [5, 5.41) is 10.3. The van der Waals surface area contributed by atoms with Crippen LogP contribution >= 0.6 is 0 Å². The molecule has 0 saturated carbocycles. The Morgan fingerprint density at radius 2 is 2.12 bits per heavy atom. The van der Waals surface area contributed by atoms with Crippen LogP contribution < -0.4 is 5.32 Å². The number of amides is 1. The molecule has 0 aromatic heterocycles. The van der Waals surface area contributed by atoms with Gasteiger partial charge in [0, 0.05) is 11.9 Å². The minimum absolute atomic E-state index is 0.134. The molecule has 94 valence electrons. The van der Waals surface area contributed by atoms with Gasteiger partial charge in [-0.15, -0.1) is 0 Å². The molecule has 1 atom stereocenters. The Labute approximate surface area is 100 Å². The zero-order valence-corrected chi connectivity index (χ0v) is 10.5. The van der Waals surface area contributed by atoms with Crippen LogP contribution in [0.5, 0.6) is 0 Å². The molecule has 5 nitrogen and oxygen atoms in total. The van der Waals surface area contributed by atoms with Crippen molar-refractivity contribution in [3.63, 3.8) is 0 Å². The molecule has 0 aliphatic heterocycles. The maximum atomic E-state index is 11.6. The molecule has 2 N–H and O–H groups in total. The number of hydrogen-bond donors (Lipinski definition) is 2. The number of anilines is 1. The number of aliphatic hydroxyl groups excluding tert-OH is 1. The molecule has 0 fully saturated rings. The van der Waals surface area contributed by atoms with E-state index in [0.29, 0.717) is 11.3 Å². The third kappa shape index (κ3) is 3.83. The van der Waals surface area contributed by atoms with Gasteiger partial charge in [0.15, 0.2) is 9.84 Å². The number of carbonyl (C=O) groups is 1. The lowest BCUT2D eigenvalue weighted by Gasteiger charge is -2.10. The first-order valence-corrected chi connectivity index (χ1v) is 6.99. The van der Waals surface area contributed by atoms with Crippen LogP contribution in [0, 0.1) is 0 Å². The predicted octanol–water partition coefficient (Wildman–Crippen LogP) is 0.551. The van der Waals surface area contributed by atoms with E-state index in [1.54, 1.807) is 24.3 Å². The minimum atomic E-state index is -3.40. The Kier molecular flexibility index (Phi) is 4.25. The van der Waals surface area contributed by atoms with Gasteiger partial charge in [0.05, 0.1) is 6.61 Å². The summed E-state index contributed by atoms with van der Waals surface area (Å²) < 4.78 is 22.4. The first kappa shape index (κ1) is 13.7. The summed E-state index contributed by atoms with van der Waals surface area (Å²) in [6.45, 7) is 1.20. The third-order valence-corrected chi connectivity index (χ3v) is 3.89. The number of sulfone groups is 1. The van der Waals surface area contributed by atoms with Gasteiger partial charge in [-0.05, 0) is 24.6 Å². The smallest absolute Gasteiger partial charge is 0.242 e. The molecule has 0 saturated heterocycles. The quantitative estimate of drug-likeness (QED) is 0.825. The van der Waals surface area contributed by atoms with Crippen molar-refractivity contribution < 1.29 is 18.3 Å². The van der Waals surface area contributed by atoms with Crippen LogP contribution in [0.2, 0.25) is 0 Å². The summed E-state index contributed by atoms with van der Waals surface area (Å²) in [6.07, 6.45) is 1.02. The van der Waals surface area contributed by atoms with Crippen LogP contribution in [-0.4, -0.2) is 30.9 Å². The molecule has 0 spiro atoms. The molecule has 1 aromatic rings. The summed E-state index contributed by atoms with van der Waals surface area (Å²) >= 11 is 0. The number of nitrogens with one attached hydrogen (secondary N) is 1. The molecular formula is C11H15NO4S. The number of carbonyl (C=O) groups excluding carboxylic acids is 1.